The fraction of sp³-hybridized carbons (Fsp3) is 0.429. The van der Waals surface area contributed by atoms with Crippen LogP contribution in [0.1, 0.15) is 30.9 Å². The Morgan fingerprint density at radius 3 is 2.50 bits per heavy atom. The summed E-state index contributed by atoms with van der Waals surface area (Å²) in [5.74, 6) is 1.96. The maximum Gasteiger partial charge on any atom is 0.191 e. The molecule has 0 spiro atoms. The molecule has 0 bridgehead atoms. The van der Waals surface area contributed by atoms with Gasteiger partial charge in [0.1, 0.15) is 5.82 Å². The highest BCUT2D eigenvalue weighted by Crippen LogP contribution is 2.17. The molecule has 1 fully saturated rings. The maximum atomic E-state index is 4.45. The minimum Gasteiger partial charge on any atom is -0.356 e. The molecule has 0 saturated carbocycles. The molecule has 0 unspecified atom stereocenters. The summed E-state index contributed by atoms with van der Waals surface area (Å²) >= 11 is 0. The monoisotopic (exact) mass is 351 g/mol. The van der Waals surface area contributed by atoms with Gasteiger partial charge in [0.05, 0.1) is 0 Å². The Balaban J connectivity index is 1.49. The molecule has 0 atom stereocenters. The van der Waals surface area contributed by atoms with Crippen LogP contribution in [0, 0.1) is 0 Å². The Morgan fingerprint density at radius 1 is 1.12 bits per heavy atom. The van der Waals surface area contributed by atoms with Gasteiger partial charge in [-0.2, -0.15) is 0 Å². The minimum absolute atomic E-state index is 0.447. The van der Waals surface area contributed by atoms with E-state index in [0.717, 1.165) is 50.7 Å². The SMILES string of the molecule is CCc1ccccc1CNC(=NC)NC1CCN(c2ccccn2)CC1. The summed E-state index contributed by atoms with van der Waals surface area (Å²) in [7, 11) is 1.84. The number of hydrogen-bond acceptors (Lipinski definition) is 3. The van der Waals surface area contributed by atoms with Crippen molar-refractivity contribution in [2.75, 3.05) is 25.0 Å². The number of aliphatic imine (C=N–C) groups is 1. The van der Waals surface area contributed by atoms with Gasteiger partial charge in [-0.05, 0) is 42.5 Å². The number of nitrogens with one attached hydrogen (secondary N) is 2. The van der Waals surface area contributed by atoms with Crippen LogP contribution in [0.15, 0.2) is 53.7 Å². The van der Waals surface area contributed by atoms with Crippen LogP contribution < -0.4 is 15.5 Å². The zero-order valence-electron chi connectivity index (χ0n) is 15.8. The third kappa shape index (κ3) is 4.75. The quantitative estimate of drug-likeness (QED) is 0.642. The van der Waals surface area contributed by atoms with Gasteiger partial charge >= 0.3 is 0 Å². The standard InChI is InChI=1S/C21H29N5/c1-3-17-8-4-5-9-18(17)16-24-21(22-2)25-19-11-14-26(15-12-19)20-10-6-7-13-23-20/h4-10,13,19H,3,11-12,14-16H2,1-2H3,(H2,22,24,25). The lowest BCUT2D eigenvalue weighted by molar-refractivity contribution is 0.459. The highest BCUT2D eigenvalue weighted by atomic mass is 15.2. The number of guanidine groups is 1. The molecule has 1 aliphatic rings. The van der Waals surface area contributed by atoms with E-state index in [1.54, 1.807) is 0 Å². The predicted molar refractivity (Wildman–Crippen MR) is 109 cm³/mol. The molecule has 3 rings (SSSR count). The molecule has 1 saturated heterocycles. The third-order valence-corrected chi connectivity index (χ3v) is 4.98. The Bertz CT molecular complexity index is 705. The van der Waals surface area contributed by atoms with Crippen molar-refractivity contribution in [1.82, 2.24) is 15.6 Å². The van der Waals surface area contributed by atoms with E-state index < -0.39 is 0 Å². The Labute approximate surface area is 156 Å². The summed E-state index contributed by atoms with van der Waals surface area (Å²) < 4.78 is 0. The molecule has 5 heteroatoms. The van der Waals surface area contributed by atoms with E-state index in [9.17, 15) is 0 Å². The van der Waals surface area contributed by atoms with Crippen LogP contribution >= 0.6 is 0 Å². The van der Waals surface area contributed by atoms with Crippen molar-refractivity contribution < 1.29 is 0 Å². The smallest absolute Gasteiger partial charge is 0.191 e. The van der Waals surface area contributed by atoms with E-state index in [2.05, 4.69) is 62.8 Å². The molecular formula is C21H29N5. The fourth-order valence-electron chi connectivity index (χ4n) is 3.44. The van der Waals surface area contributed by atoms with Crippen molar-refractivity contribution in [3.8, 4) is 0 Å². The number of rotatable bonds is 5. The van der Waals surface area contributed by atoms with E-state index in [1.165, 1.54) is 11.1 Å². The number of pyridine rings is 1. The van der Waals surface area contributed by atoms with Crippen molar-refractivity contribution in [3.05, 3.63) is 59.8 Å². The normalized spacial score (nSPS) is 15.8. The van der Waals surface area contributed by atoms with Crippen molar-refractivity contribution in [2.24, 2.45) is 4.99 Å². The van der Waals surface area contributed by atoms with E-state index in [-0.39, 0.29) is 0 Å². The lowest BCUT2D eigenvalue weighted by atomic mass is 10.0. The van der Waals surface area contributed by atoms with Crippen molar-refractivity contribution >= 4 is 11.8 Å². The van der Waals surface area contributed by atoms with Crippen LogP contribution in [0.5, 0.6) is 0 Å². The molecule has 0 aliphatic carbocycles. The molecule has 0 radical (unpaired) electrons. The molecule has 1 aliphatic heterocycles. The summed E-state index contributed by atoms with van der Waals surface area (Å²) in [5, 5.41) is 7.04. The van der Waals surface area contributed by atoms with E-state index in [0.29, 0.717) is 6.04 Å². The summed E-state index contributed by atoms with van der Waals surface area (Å²) in [4.78, 5) is 11.2. The van der Waals surface area contributed by atoms with Gasteiger partial charge in [-0.3, -0.25) is 4.99 Å². The highest BCUT2D eigenvalue weighted by molar-refractivity contribution is 5.80. The topological polar surface area (TPSA) is 52.6 Å². The summed E-state index contributed by atoms with van der Waals surface area (Å²) in [6, 6.07) is 15.1. The van der Waals surface area contributed by atoms with Gasteiger partial charge in [-0.25, -0.2) is 4.98 Å². The molecule has 138 valence electrons. The maximum absolute atomic E-state index is 4.45. The molecule has 2 aromatic rings. The fourth-order valence-corrected chi connectivity index (χ4v) is 3.44. The Kier molecular flexibility index (Phi) is 6.47. The first-order chi connectivity index (χ1) is 12.8. The van der Waals surface area contributed by atoms with Crippen molar-refractivity contribution in [2.45, 2.75) is 38.8 Å². The number of nitrogens with zero attached hydrogens (tertiary/aromatic N) is 3. The largest absolute Gasteiger partial charge is 0.356 e. The van der Waals surface area contributed by atoms with Gasteiger partial charge in [0, 0.05) is 38.9 Å². The zero-order valence-corrected chi connectivity index (χ0v) is 15.8. The molecule has 1 aromatic carbocycles. The van der Waals surface area contributed by atoms with Crippen LogP contribution in [0.3, 0.4) is 0 Å². The van der Waals surface area contributed by atoms with Crippen LogP contribution in [0.4, 0.5) is 5.82 Å². The number of aryl methyl sites for hydroxylation is 1. The van der Waals surface area contributed by atoms with Crippen LogP contribution in [0.25, 0.3) is 0 Å². The first-order valence-corrected chi connectivity index (χ1v) is 9.50. The molecule has 2 heterocycles. The molecule has 5 nitrogen and oxygen atoms in total. The van der Waals surface area contributed by atoms with Gasteiger partial charge in [-0.15, -0.1) is 0 Å². The average molecular weight is 351 g/mol. The first-order valence-electron chi connectivity index (χ1n) is 9.50. The second kappa shape index (κ2) is 9.22. The van der Waals surface area contributed by atoms with Crippen molar-refractivity contribution in [1.29, 1.82) is 0 Å². The lowest BCUT2D eigenvalue weighted by Gasteiger charge is -2.33. The Morgan fingerprint density at radius 2 is 1.85 bits per heavy atom. The van der Waals surface area contributed by atoms with Crippen molar-refractivity contribution in [3.63, 3.8) is 0 Å². The molecule has 26 heavy (non-hydrogen) atoms. The molecular weight excluding hydrogens is 322 g/mol. The number of hydrogen-bond donors (Lipinski definition) is 2. The zero-order chi connectivity index (χ0) is 18.2. The highest BCUT2D eigenvalue weighted by Gasteiger charge is 2.20. The van der Waals surface area contributed by atoms with E-state index in [1.807, 2.05) is 25.4 Å². The summed E-state index contributed by atoms with van der Waals surface area (Å²) in [6.07, 6.45) is 5.08. The lowest BCUT2D eigenvalue weighted by Crippen LogP contribution is -2.48. The van der Waals surface area contributed by atoms with Gasteiger partial charge < -0.3 is 15.5 Å². The summed E-state index contributed by atoms with van der Waals surface area (Å²) in [6.45, 7) is 5.03. The third-order valence-electron chi connectivity index (χ3n) is 4.98. The van der Waals surface area contributed by atoms with Crippen LogP contribution in [-0.2, 0) is 13.0 Å². The van der Waals surface area contributed by atoms with Crippen LogP contribution in [-0.4, -0.2) is 37.1 Å². The van der Waals surface area contributed by atoms with E-state index in [4.69, 9.17) is 0 Å². The van der Waals surface area contributed by atoms with Gasteiger partial charge in [0.25, 0.3) is 0 Å². The first kappa shape index (κ1) is 18.2. The summed E-state index contributed by atoms with van der Waals surface area (Å²) in [5.41, 5.74) is 2.72. The molecule has 2 N–H and O–H groups in total. The predicted octanol–water partition coefficient (Wildman–Crippen LogP) is 2.98. The number of aromatic nitrogens is 1. The van der Waals surface area contributed by atoms with Gasteiger partial charge in [0.15, 0.2) is 5.96 Å². The number of anilines is 1. The molecule has 0 amide bonds. The molecule has 1 aromatic heterocycles. The van der Waals surface area contributed by atoms with E-state index >= 15 is 0 Å². The second-order valence-electron chi connectivity index (χ2n) is 6.64. The Hall–Kier alpha value is -2.56. The minimum atomic E-state index is 0.447. The average Bonchev–Trinajstić information content (AvgIpc) is 2.72. The second-order valence-corrected chi connectivity index (χ2v) is 6.64. The van der Waals surface area contributed by atoms with Crippen LogP contribution in [0.2, 0.25) is 0 Å². The van der Waals surface area contributed by atoms with Gasteiger partial charge in [0.2, 0.25) is 0 Å². The number of piperidine rings is 1. The number of benzene rings is 1. The van der Waals surface area contributed by atoms with Gasteiger partial charge in [-0.1, -0.05) is 37.3 Å².